The number of ketones is 1. The molecule has 112 valence electrons. The van der Waals surface area contributed by atoms with Crippen LogP contribution in [0.2, 0.25) is 0 Å². The molecule has 0 atom stereocenters. The molecule has 0 radical (unpaired) electrons. The van der Waals surface area contributed by atoms with Crippen LogP contribution in [0, 0.1) is 6.92 Å². The van der Waals surface area contributed by atoms with E-state index in [9.17, 15) is 4.79 Å². The van der Waals surface area contributed by atoms with Crippen molar-refractivity contribution in [2.75, 3.05) is 29.5 Å². The monoisotopic (exact) mass is 313 g/mol. The Hall–Kier alpha value is -0.750. The number of aryl methyl sites for hydroxylation is 1. The van der Waals surface area contributed by atoms with Crippen LogP contribution in [0.1, 0.15) is 43.2 Å². The first kappa shape index (κ1) is 17.3. The third-order valence-electron chi connectivity index (χ3n) is 2.98. The zero-order chi connectivity index (χ0) is 15.1. The van der Waals surface area contributed by atoms with Crippen LogP contribution in [-0.4, -0.2) is 40.3 Å². The molecule has 0 aliphatic heterocycles. The Balaban J connectivity index is 3.16. The van der Waals surface area contributed by atoms with Crippen molar-refractivity contribution < 1.29 is 4.79 Å². The molecule has 4 nitrogen and oxygen atoms in total. The summed E-state index contributed by atoms with van der Waals surface area (Å²) in [5.74, 6) is 2.50. The fourth-order valence-corrected chi connectivity index (χ4v) is 3.36. The minimum Gasteiger partial charge on any atom is -0.341 e. The minimum atomic E-state index is 0.0296. The average Bonchev–Trinajstić information content (AvgIpc) is 2.39. The lowest BCUT2D eigenvalue weighted by Gasteiger charge is -2.20. The maximum Gasteiger partial charge on any atom is 0.226 e. The van der Waals surface area contributed by atoms with Crippen LogP contribution in [-0.2, 0) is 0 Å². The van der Waals surface area contributed by atoms with Crippen molar-refractivity contribution >= 4 is 36.1 Å². The summed E-state index contributed by atoms with van der Waals surface area (Å²) in [6, 6.07) is 0. The van der Waals surface area contributed by atoms with Gasteiger partial charge in [-0.15, -0.1) is 11.8 Å². The SMILES string of the molecule is CCN(CC)c1nc(C)c(C(C)=O)c(SCCCS)n1. The van der Waals surface area contributed by atoms with Crippen molar-refractivity contribution in [2.24, 2.45) is 0 Å². The second-order valence-electron chi connectivity index (χ2n) is 4.44. The topological polar surface area (TPSA) is 46.1 Å². The lowest BCUT2D eigenvalue weighted by atomic mass is 10.2. The van der Waals surface area contributed by atoms with Crippen LogP contribution in [0.5, 0.6) is 0 Å². The van der Waals surface area contributed by atoms with E-state index in [1.165, 1.54) is 0 Å². The van der Waals surface area contributed by atoms with Gasteiger partial charge in [0, 0.05) is 18.8 Å². The number of thioether (sulfide) groups is 1. The average molecular weight is 313 g/mol. The number of carbonyl (C=O) groups is 1. The van der Waals surface area contributed by atoms with Gasteiger partial charge in [0.2, 0.25) is 5.95 Å². The van der Waals surface area contributed by atoms with Crippen molar-refractivity contribution in [2.45, 2.75) is 39.1 Å². The molecule has 6 heteroatoms. The molecule has 0 fully saturated rings. The lowest BCUT2D eigenvalue weighted by Crippen LogP contribution is -2.25. The lowest BCUT2D eigenvalue weighted by molar-refractivity contribution is 0.101. The zero-order valence-corrected chi connectivity index (χ0v) is 14.4. The van der Waals surface area contributed by atoms with E-state index >= 15 is 0 Å². The van der Waals surface area contributed by atoms with Gasteiger partial charge in [0.25, 0.3) is 0 Å². The Morgan fingerprint density at radius 2 is 1.95 bits per heavy atom. The van der Waals surface area contributed by atoms with Crippen molar-refractivity contribution in [3.63, 3.8) is 0 Å². The molecule has 1 aromatic heterocycles. The molecule has 0 unspecified atom stereocenters. The molecule has 0 saturated heterocycles. The first-order chi connectivity index (χ1) is 9.54. The largest absolute Gasteiger partial charge is 0.341 e. The Morgan fingerprint density at radius 1 is 1.30 bits per heavy atom. The molecule has 0 aromatic carbocycles. The maximum absolute atomic E-state index is 11.8. The van der Waals surface area contributed by atoms with E-state index in [0.29, 0.717) is 11.5 Å². The first-order valence-corrected chi connectivity index (χ1v) is 8.55. The van der Waals surface area contributed by atoms with Gasteiger partial charge in [-0.25, -0.2) is 9.97 Å². The van der Waals surface area contributed by atoms with Gasteiger partial charge < -0.3 is 4.90 Å². The van der Waals surface area contributed by atoms with Crippen LogP contribution in [0.25, 0.3) is 0 Å². The van der Waals surface area contributed by atoms with E-state index < -0.39 is 0 Å². The molecule has 20 heavy (non-hydrogen) atoms. The van der Waals surface area contributed by atoms with Crippen LogP contribution < -0.4 is 4.90 Å². The highest BCUT2D eigenvalue weighted by atomic mass is 32.2. The van der Waals surface area contributed by atoms with Gasteiger partial charge in [0.05, 0.1) is 11.3 Å². The molecule has 0 N–H and O–H groups in total. The molecule has 1 aromatic rings. The molecule has 1 heterocycles. The second kappa shape index (κ2) is 8.52. The van der Waals surface area contributed by atoms with E-state index in [1.807, 2.05) is 6.92 Å². The van der Waals surface area contributed by atoms with E-state index in [4.69, 9.17) is 0 Å². The molecular formula is C14H23N3OS2. The quantitative estimate of drug-likeness (QED) is 0.262. The van der Waals surface area contributed by atoms with Crippen molar-refractivity contribution in [3.05, 3.63) is 11.3 Å². The van der Waals surface area contributed by atoms with Crippen LogP contribution in [0.4, 0.5) is 5.95 Å². The summed E-state index contributed by atoms with van der Waals surface area (Å²) in [5, 5.41) is 0.800. The molecule has 0 amide bonds. The van der Waals surface area contributed by atoms with Crippen molar-refractivity contribution in [3.8, 4) is 0 Å². The third-order valence-corrected chi connectivity index (χ3v) is 4.36. The summed E-state index contributed by atoms with van der Waals surface area (Å²) in [7, 11) is 0. The maximum atomic E-state index is 11.8. The predicted molar refractivity (Wildman–Crippen MR) is 89.5 cm³/mol. The first-order valence-electron chi connectivity index (χ1n) is 6.93. The summed E-state index contributed by atoms with van der Waals surface area (Å²) in [6.07, 6.45) is 0.995. The number of nitrogens with zero attached hydrogens (tertiary/aromatic N) is 3. The van der Waals surface area contributed by atoms with Crippen LogP contribution >= 0.6 is 24.4 Å². The molecule has 0 aliphatic rings. The Bertz CT molecular complexity index is 462. The van der Waals surface area contributed by atoms with Crippen LogP contribution in [0.3, 0.4) is 0 Å². The van der Waals surface area contributed by atoms with E-state index in [0.717, 1.165) is 41.7 Å². The van der Waals surface area contributed by atoms with Gasteiger partial charge in [0.1, 0.15) is 5.03 Å². The molecular weight excluding hydrogens is 290 g/mol. The van der Waals surface area contributed by atoms with Gasteiger partial charge in [0.15, 0.2) is 5.78 Å². The number of rotatable bonds is 8. The normalized spacial score (nSPS) is 10.7. The minimum absolute atomic E-state index is 0.0296. The van der Waals surface area contributed by atoms with E-state index in [-0.39, 0.29) is 5.78 Å². The summed E-state index contributed by atoms with van der Waals surface area (Å²) in [6.45, 7) is 9.33. The zero-order valence-electron chi connectivity index (χ0n) is 12.6. The number of hydrogen-bond acceptors (Lipinski definition) is 6. The van der Waals surface area contributed by atoms with Crippen molar-refractivity contribution in [1.82, 2.24) is 9.97 Å². The molecule has 0 aliphatic carbocycles. The smallest absolute Gasteiger partial charge is 0.226 e. The Labute approximate surface area is 131 Å². The molecule has 1 rings (SSSR count). The van der Waals surface area contributed by atoms with E-state index in [2.05, 4.69) is 41.3 Å². The van der Waals surface area contributed by atoms with E-state index in [1.54, 1.807) is 18.7 Å². The predicted octanol–water partition coefficient (Wildman–Crippen LogP) is 3.25. The van der Waals surface area contributed by atoms with Crippen molar-refractivity contribution in [1.29, 1.82) is 0 Å². The van der Waals surface area contributed by atoms with Gasteiger partial charge in [-0.3, -0.25) is 4.79 Å². The fraction of sp³-hybridized carbons (Fsp3) is 0.643. The summed E-state index contributed by atoms with van der Waals surface area (Å²) < 4.78 is 0. The van der Waals surface area contributed by atoms with Crippen LogP contribution in [0.15, 0.2) is 5.03 Å². The second-order valence-corrected chi connectivity index (χ2v) is 5.97. The number of thiol groups is 1. The molecule has 0 saturated carbocycles. The number of aromatic nitrogens is 2. The Kier molecular flexibility index (Phi) is 7.37. The highest BCUT2D eigenvalue weighted by Crippen LogP contribution is 2.26. The summed E-state index contributed by atoms with van der Waals surface area (Å²) >= 11 is 5.83. The number of anilines is 1. The van der Waals surface area contributed by atoms with Gasteiger partial charge in [-0.1, -0.05) is 0 Å². The van der Waals surface area contributed by atoms with Gasteiger partial charge in [-0.05, 0) is 39.9 Å². The van der Waals surface area contributed by atoms with Gasteiger partial charge in [-0.2, -0.15) is 12.6 Å². The number of Topliss-reactive ketones (excluding diaryl/α,β-unsaturated/α-hetero) is 1. The highest BCUT2D eigenvalue weighted by molar-refractivity contribution is 7.99. The summed E-state index contributed by atoms with van der Waals surface area (Å²) in [4.78, 5) is 23.0. The summed E-state index contributed by atoms with van der Waals surface area (Å²) in [5.41, 5.74) is 1.42. The standard InChI is InChI=1S/C14H23N3OS2/c1-5-17(6-2)14-15-10(3)12(11(4)18)13(16-14)20-9-7-8-19/h19H,5-9H2,1-4H3. The molecule has 0 spiro atoms. The third kappa shape index (κ3) is 4.38. The molecule has 0 bridgehead atoms. The fourth-order valence-electron chi connectivity index (χ4n) is 1.92. The number of hydrogen-bond donors (Lipinski definition) is 1. The number of carbonyl (C=O) groups excluding carboxylic acids is 1. The Morgan fingerprint density at radius 3 is 2.45 bits per heavy atom. The highest BCUT2D eigenvalue weighted by Gasteiger charge is 2.17. The van der Waals surface area contributed by atoms with Gasteiger partial charge >= 0.3 is 0 Å².